The number of carbonyl (C=O) groups excluding carboxylic acids is 1. The van der Waals surface area contributed by atoms with Gasteiger partial charge in [0.2, 0.25) is 0 Å². The zero-order chi connectivity index (χ0) is 12.8. The summed E-state index contributed by atoms with van der Waals surface area (Å²) in [5.74, 6) is -0.661. The molecule has 0 saturated carbocycles. The maximum absolute atomic E-state index is 13.0. The lowest BCUT2D eigenvalue weighted by Gasteiger charge is -2.07. The molecule has 0 aliphatic carbocycles. The number of halogens is 3. The molecule has 0 saturated heterocycles. The first-order valence-corrected chi connectivity index (χ1v) is 7.09. The van der Waals surface area contributed by atoms with Crippen molar-refractivity contribution in [2.24, 2.45) is 0 Å². The van der Waals surface area contributed by atoms with Crippen LogP contribution in [0.2, 0.25) is 0 Å². The number of benzene rings is 1. The van der Waals surface area contributed by atoms with Gasteiger partial charge in [0.15, 0.2) is 0 Å². The highest BCUT2D eigenvalue weighted by Gasteiger charge is 2.10. The largest absolute Gasteiger partial charge is 0.352 e. The minimum Gasteiger partial charge on any atom is -0.352 e. The fraction of sp³-hybridized carbons (Fsp3) is 0.417. The lowest BCUT2D eigenvalue weighted by atomic mass is 10.2. The molecule has 1 aromatic rings. The fourth-order valence-corrected chi connectivity index (χ4v) is 2.10. The number of alkyl halides is 1. The van der Waals surface area contributed by atoms with Crippen molar-refractivity contribution in [1.82, 2.24) is 5.32 Å². The average molecular weight is 367 g/mol. The van der Waals surface area contributed by atoms with Crippen molar-refractivity contribution in [3.63, 3.8) is 0 Å². The number of hydrogen-bond donors (Lipinski definition) is 1. The van der Waals surface area contributed by atoms with Crippen LogP contribution in [0.5, 0.6) is 0 Å². The lowest BCUT2D eigenvalue weighted by molar-refractivity contribution is 0.0952. The molecule has 0 spiro atoms. The topological polar surface area (TPSA) is 29.1 Å². The first-order valence-electron chi connectivity index (χ1n) is 5.38. The third-order valence-corrected chi connectivity index (χ3v) is 3.39. The quantitative estimate of drug-likeness (QED) is 0.621. The second-order valence-corrected chi connectivity index (χ2v) is 6.22. The van der Waals surface area contributed by atoms with Gasteiger partial charge in [0.1, 0.15) is 5.82 Å². The van der Waals surface area contributed by atoms with Crippen molar-refractivity contribution in [3.05, 3.63) is 34.1 Å². The summed E-state index contributed by atoms with van der Waals surface area (Å²) in [6.45, 7) is 2.66. The molecule has 0 aliphatic rings. The SMILES string of the molecule is CC(Br)CCCNC(=O)c1cc(F)ccc1Br. The average Bonchev–Trinajstić information content (AvgIpc) is 2.27. The molecule has 0 aliphatic heterocycles. The Labute approximate surface area is 117 Å². The summed E-state index contributed by atoms with van der Waals surface area (Å²) in [6, 6.07) is 4.07. The molecule has 17 heavy (non-hydrogen) atoms. The van der Waals surface area contributed by atoms with Gasteiger partial charge in [0.05, 0.1) is 5.56 Å². The first kappa shape index (κ1) is 14.6. The molecule has 0 radical (unpaired) electrons. The van der Waals surface area contributed by atoms with Gasteiger partial charge < -0.3 is 5.32 Å². The molecule has 1 unspecified atom stereocenters. The van der Waals surface area contributed by atoms with E-state index in [0.29, 0.717) is 21.4 Å². The van der Waals surface area contributed by atoms with Crippen LogP contribution in [0.25, 0.3) is 0 Å². The van der Waals surface area contributed by atoms with Crippen molar-refractivity contribution in [1.29, 1.82) is 0 Å². The molecule has 0 bridgehead atoms. The van der Waals surface area contributed by atoms with Gasteiger partial charge in [-0.2, -0.15) is 0 Å². The van der Waals surface area contributed by atoms with Gasteiger partial charge in [-0.25, -0.2) is 4.39 Å². The molecule has 1 aromatic carbocycles. The summed E-state index contributed by atoms with van der Waals surface area (Å²) in [5, 5.41) is 2.77. The van der Waals surface area contributed by atoms with Crippen LogP contribution < -0.4 is 5.32 Å². The van der Waals surface area contributed by atoms with E-state index in [9.17, 15) is 9.18 Å². The highest BCUT2D eigenvalue weighted by molar-refractivity contribution is 9.10. The molecule has 1 amide bonds. The summed E-state index contributed by atoms with van der Waals surface area (Å²) in [4.78, 5) is 12.2. The van der Waals surface area contributed by atoms with Crippen molar-refractivity contribution >= 4 is 37.8 Å². The Hall–Kier alpha value is -0.420. The summed E-state index contributed by atoms with van der Waals surface area (Å²) in [7, 11) is 0. The van der Waals surface area contributed by atoms with Gasteiger partial charge in [-0.3, -0.25) is 4.79 Å². The van der Waals surface area contributed by atoms with E-state index in [4.69, 9.17) is 0 Å². The van der Waals surface area contributed by atoms with E-state index >= 15 is 0 Å². The van der Waals surface area contributed by atoms with Crippen molar-refractivity contribution in [2.45, 2.75) is 24.6 Å². The van der Waals surface area contributed by atoms with Crippen molar-refractivity contribution < 1.29 is 9.18 Å². The second-order valence-electron chi connectivity index (χ2n) is 3.80. The maximum atomic E-state index is 13.0. The van der Waals surface area contributed by atoms with Crippen LogP contribution >= 0.6 is 31.9 Å². The smallest absolute Gasteiger partial charge is 0.252 e. The van der Waals surface area contributed by atoms with E-state index in [1.807, 2.05) is 0 Å². The molecule has 2 nitrogen and oxygen atoms in total. The van der Waals surface area contributed by atoms with E-state index in [1.54, 1.807) is 0 Å². The molecule has 1 N–H and O–H groups in total. The Morgan fingerprint density at radius 2 is 2.24 bits per heavy atom. The number of carbonyl (C=O) groups is 1. The zero-order valence-electron chi connectivity index (χ0n) is 9.47. The van der Waals surface area contributed by atoms with Crippen LogP contribution in [0, 0.1) is 5.82 Å². The minimum atomic E-state index is -0.410. The van der Waals surface area contributed by atoms with Crippen molar-refractivity contribution in [2.75, 3.05) is 6.54 Å². The molecule has 94 valence electrons. The monoisotopic (exact) mass is 365 g/mol. The zero-order valence-corrected chi connectivity index (χ0v) is 12.6. The Bertz CT molecular complexity index is 396. The van der Waals surface area contributed by atoms with Crippen LogP contribution in [0.15, 0.2) is 22.7 Å². The lowest BCUT2D eigenvalue weighted by Crippen LogP contribution is -2.25. The first-order chi connectivity index (χ1) is 8.00. The Morgan fingerprint density at radius 1 is 1.53 bits per heavy atom. The Balaban J connectivity index is 2.49. The standard InChI is InChI=1S/C12H14Br2FNO/c1-8(13)3-2-6-16-12(17)10-7-9(15)4-5-11(10)14/h4-5,7-8H,2-3,6H2,1H3,(H,16,17). The van der Waals surface area contributed by atoms with Crippen molar-refractivity contribution in [3.8, 4) is 0 Å². The van der Waals surface area contributed by atoms with Crippen LogP contribution in [0.4, 0.5) is 4.39 Å². The van der Waals surface area contributed by atoms with Gasteiger partial charge in [-0.1, -0.05) is 22.9 Å². The van der Waals surface area contributed by atoms with Crippen LogP contribution in [0.3, 0.4) is 0 Å². The third kappa shape index (κ3) is 5.17. The number of nitrogens with one attached hydrogen (secondary N) is 1. The molecule has 0 fully saturated rings. The summed E-state index contributed by atoms with van der Waals surface area (Å²) < 4.78 is 13.6. The highest BCUT2D eigenvalue weighted by Crippen LogP contribution is 2.17. The van der Waals surface area contributed by atoms with E-state index in [2.05, 4.69) is 44.1 Å². The molecule has 0 heterocycles. The molecule has 5 heteroatoms. The van der Waals surface area contributed by atoms with Gasteiger partial charge in [-0.05, 0) is 47.0 Å². The fourth-order valence-electron chi connectivity index (χ4n) is 1.35. The molecule has 0 aromatic heterocycles. The Morgan fingerprint density at radius 3 is 2.88 bits per heavy atom. The van der Waals surface area contributed by atoms with Gasteiger partial charge in [-0.15, -0.1) is 0 Å². The van der Waals surface area contributed by atoms with Gasteiger partial charge in [0.25, 0.3) is 5.91 Å². The van der Waals surface area contributed by atoms with E-state index in [-0.39, 0.29) is 5.91 Å². The van der Waals surface area contributed by atoms with Gasteiger partial charge >= 0.3 is 0 Å². The third-order valence-electron chi connectivity index (χ3n) is 2.24. The molecular weight excluding hydrogens is 353 g/mol. The van der Waals surface area contributed by atoms with Crippen LogP contribution in [-0.2, 0) is 0 Å². The number of amides is 1. The molecule has 1 atom stereocenters. The number of hydrogen-bond acceptors (Lipinski definition) is 1. The summed E-state index contributed by atoms with van der Waals surface area (Å²) in [5.41, 5.74) is 0.330. The summed E-state index contributed by atoms with van der Waals surface area (Å²) in [6.07, 6.45) is 1.88. The molecule has 1 rings (SSSR count). The predicted octanol–water partition coefficient (Wildman–Crippen LogP) is 3.88. The normalized spacial score (nSPS) is 12.2. The van der Waals surface area contributed by atoms with Crippen LogP contribution in [-0.4, -0.2) is 17.3 Å². The van der Waals surface area contributed by atoms with E-state index in [0.717, 1.165) is 12.8 Å². The minimum absolute atomic E-state index is 0.251. The predicted molar refractivity (Wildman–Crippen MR) is 74.1 cm³/mol. The molecular formula is C12H14Br2FNO. The van der Waals surface area contributed by atoms with E-state index in [1.165, 1.54) is 18.2 Å². The number of rotatable bonds is 5. The highest BCUT2D eigenvalue weighted by atomic mass is 79.9. The Kier molecular flexibility index (Phi) is 6.12. The van der Waals surface area contributed by atoms with E-state index < -0.39 is 5.82 Å². The van der Waals surface area contributed by atoms with Gasteiger partial charge in [0, 0.05) is 15.8 Å². The van der Waals surface area contributed by atoms with Crippen LogP contribution in [0.1, 0.15) is 30.1 Å². The second kappa shape index (κ2) is 7.11. The summed E-state index contributed by atoms with van der Waals surface area (Å²) >= 11 is 6.67. The maximum Gasteiger partial charge on any atom is 0.252 e.